The van der Waals surface area contributed by atoms with E-state index >= 15 is 0 Å². The Labute approximate surface area is 90.8 Å². The third kappa shape index (κ3) is 11.7. The van der Waals surface area contributed by atoms with E-state index in [9.17, 15) is 0 Å². The summed E-state index contributed by atoms with van der Waals surface area (Å²) in [5, 5.41) is 0. The monoisotopic (exact) mass is 195 g/mol. The van der Waals surface area contributed by atoms with Crippen molar-refractivity contribution in [2.24, 2.45) is 0 Å². The van der Waals surface area contributed by atoms with E-state index in [4.69, 9.17) is 0 Å². The smallest absolute Gasteiger partial charge is 0.0345 e. The Hall–Kier alpha value is -0.260. The van der Waals surface area contributed by atoms with Crippen LogP contribution in [-0.2, 0) is 0 Å². The first-order valence-corrected chi connectivity index (χ1v) is 6.40. The number of allylic oxidation sites excluding steroid dienone is 2. The first kappa shape index (κ1) is 13.7. The molecule has 0 aromatic carbocycles. The molecule has 0 aromatic rings. The van der Waals surface area contributed by atoms with Gasteiger partial charge in [0.25, 0.3) is 0 Å². The molecule has 0 spiro atoms. The zero-order valence-corrected chi connectivity index (χ0v) is 10.1. The molecule has 0 fully saturated rings. The molecular formula is C14H27. The van der Waals surface area contributed by atoms with Crippen LogP contribution in [0.15, 0.2) is 6.08 Å². The first-order valence-electron chi connectivity index (χ1n) is 6.40. The minimum absolute atomic E-state index is 1.23. The van der Waals surface area contributed by atoms with Crippen molar-refractivity contribution in [3.8, 4) is 0 Å². The van der Waals surface area contributed by atoms with Gasteiger partial charge in [-0.3, -0.25) is 0 Å². The van der Waals surface area contributed by atoms with Gasteiger partial charge < -0.3 is 0 Å². The second-order valence-corrected chi connectivity index (χ2v) is 4.11. The standard InChI is InChI=1S/C14H27/c1-3-5-7-9-11-13-14-12-10-8-6-4-2/h6H,3,5,7-14H2,1-2H3. The van der Waals surface area contributed by atoms with Gasteiger partial charge in [0.05, 0.1) is 0 Å². The third-order valence-corrected chi connectivity index (χ3v) is 2.66. The molecule has 0 N–H and O–H groups in total. The average molecular weight is 195 g/mol. The maximum absolute atomic E-state index is 3.07. The third-order valence-electron chi connectivity index (χ3n) is 2.66. The van der Waals surface area contributed by atoms with E-state index in [1.54, 1.807) is 0 Å². The largest absolute Gasteiger partial charge is 0.0813 e. The molecular weight excluding hydrogens is 168 g/mol. The molecule has 0 amide bonds. The molecule has 14 heavy (non-hydrogen) atoms. The summed E-state index contributed by atoms with van der Waals surface area (Å²) in [6.45, 7) is 4.26. The highest BCUT2D eigenvalue weighted by atomic mass is 14.0. The molecule has 0 saturated carbocycles. The fourth-order valence-electron chi connectivity index (χ4n) is 1.70. The van der Waals surface area contributed by atoms with Crippen molar-refractivity contribution in [2.45, 2.75) is 78.1 Å². The van der Waals surface area contributed by atoms with Crippen LogP contribution in [-0.4, -0.2) is 0 Å². The zero-order valence-electron chi connectivity index (χ0n) is 10.1. The van der Waals surface area contributed by atoms with Gasteiger partial charge in [0.15, 0.2) is 0 Å². The summed E-state index contributed by atoms with van der Waals surface area (Å²) in [6.07, 6.45) is 19.2. The molecule has 1 radical (unpaired) electrons. The van der Waals surface area contributed by atoms with Gasteiger partial charge in [0.1, 0.15) is 0 Å². The van der Waals surface area contributed by atoms with Crippen LogP contribution < -0.4 is 0 Å². The normalized spacial score (nSPS) is 11.3. The van der Waals surface area contributed by atoms with Crippen LogP contribution in [0.5, 0.6) is 0 Å². The van der Waals surface area contributed by atoms with Crippen LogP contribution in [0.25, 0.3) is 0 Å². The summed E-state index contributed by atoms with van der Waals surface area (Å²) in [5.41, 5.74) is 0. The van der Waals surface area contributed by atoms with Crippen LogP contribution in [0.1, 0.15) is 78.1 Å². The SMILES string of the molecule is C/[C]=C\CCCCCCCCCCC. The second kappa shape index (κ2) is 12.7. The number of unbranched alkanes of at least 4 members (excludes halogenated alkanes) is 9. The molecule has 0 heteroatoms. The molecule has 0 aliphatic carbocycles. The summed E-state index contributed by atoms with van der Waals surface area (Å²) in [6, 6.07) is 0. The van der Waals surface area contributed by atoms with Gasteiger partial charge >= 0.3 is 0 Å². The Kier molecular flexibility index (Phi) is 12.5. The van der Waals surface area contributed by atoms with Gasteiger partial charge in [-0.15, -0.1) is 0 Å². The fourth-order valence-corrected chi connectivity index (χ4v) is 1.70. The predicted octanol–water partition coefficient (Wildman–Crippen LogP) is 5.29. The van der Waals surface area contributed by atoms with Crippen LogP contribution >= 0.6 is 0 Å². The predicted molar refractivity (Wildman–Crippen MR) is 65.3 cm³/mol. The molecule has 0 saturated heterocycles. The molecule has 83 valence electrons. The molecule has 0 atom stereocenters. The molecule has 0 unspecified atom stereocenters. The highest BCUT2D eigenvalue weighted by Crippen LogP contribution is 2.10. The maximum atomic E-state index is 3.07. The summed E-state index contributed by atoms with van der Waals surface area (Å²) in [4.78, 5) is 0. The molecule has 0 rings (SSSR count). The lowest BCUT2D eigenvalue weighted by atomic mass is 10.1. The fraction of sp³-hybridized carbons (Fsp3) is 0.857. The minimum atomic E-state index is 1.23. The Balaban J connectivity index is 2.85. The number of hydrogen-bond donors (Lipinski definition) is 0. The Morgan fingerprint density at radius 1 is 0.786 bits per heavy atom. The molecule has 0 heterocycles. The molecule has 0 aromatic heterocycles. The van der Waals surface area contributed by atoms with Crippen molar-refractivity contribution in [3.05, 3.63) is 12.2 Å². The van der Waals surface area contributed by atoms with Crippen LogP contribution in [0.4, 0.5) is 0 Å². The average Bonchev–Trinajstić information content (AvgIpc) is 2.21. The zero-order chi connectivity index (χ0) is 10.5. The van der Waals surface area contributed by atoms with Crippen molar-refractivity contribution in [1.29, 1.82) is 0 Å². The maximum Gasteiger partial charge on any atom is -0.0345 e. The summed E-state index contributed by atoms with van der Waals surface area (Å²) < 4.78 is 0. The van der Waals surface area contributed by atoms with Crippen LogP contribution in [0, 0.1) is 6.08 Å². The lowest BCUT2D eigenvalue weighted by Gasteiger charge is -2.00. The Morgan fingerprint density at radius 2 is 1.29 bits per heavy atom. The van der Waals surface area contributed by atoms with Gasteiger partial charge in [-0.25, -0.2) is 0 Å². The summed E-state index contributed by atoms with van der Waals surface area (Å²) >= 11 is 0. The van der Waals surface area contributed by atoms with Crippen molar-refractivity contribution < 1.29 is 0 Å². The van der Waals surface area contributed by atoms with Gasteiger partial charge in [-0.2, -0.15) is 0 Å². The van der Waals surface area contributed by atoms with Crippen molar-refractivity contribution in [2.75, 3.05) is 0 Å². The van der Waals surface area contributed by atoms with E-state index in [1.807, 2.05) is 6.92 Å². The van der Waals surface area contributed by atoms with Gasteiger partial charge in [0.2, 0.25) is 0 Å². The quantitative estimate of drug-likeness (QED) is 0.416. The highest BCUT2D eigenvalue weighted by molar-refractivity contribution is 4.69. The molecule has 0 bridgehead atoms. The number of rotatable bonds is 10. The summed E-state index contributed by atoms with van der Waals surface area (Å²) in [5.74, 6) is 0. The van der Waals surface area contributed by atoms with E-state index in [0.29, 0.717) is 0 Å². The minimum Gasteiger partial charge on any atom is -0.0813 e. The molecule has 0 aliphatic heterocycles. The van der Waals surface area contributed by atoms with Crippen molar-refractivity contribution in [3.63, 3.8) is 0 Å². The van der Waals surface area contributed by atoms with Crippen LogP contribution in [0.3, 0.4) is 0 Å². The Bertz CT molecular complexity index is 113. The van der Waals surface area contributed by atoms with E-state index in [-0.39, 0.29) is 0 Å². The van der Waals surface area contributed by atoms with Crippen molar-refractivity contribution >= 4 is 0 Å². The van der Waals surface area contributed by atoms with E-state index < -0.39 is 0 Å². The first-order chi connectivity index (χ1) is 6.91. The van der Waals surface area contributed by atoms with Gasteiger partial charge in [0, 0.05) is 0 Å². The van der Waals surface area contributed by atoms with Crippen LogP contribution in [0.2, 0.25) is 0 Å². The molecule has 0 nitrogen and oxygen atoms in total. The lowest BCUT2D eigenvalue weighted by molar-refractivity contribution is 0.566. The highest BCUT2D eigenvalue weighted by Gasteiger charge is 1.90. The van der Waals surface area contributed by atoms with E-state index in [2.05, 4.69) is 19.1 Å². The van der Waals surface area contributed by atoms with E-state index in [0.717, 1.165) is 0 Å². The van der Waals surface area contributed by atoms with Gasteiger partial charge in [-0.05, 0) is 19.8 Å². The Morgan fingerprint density at radius 3 is 1.79 bits per heavy atom. The molecule has 0 aliphatic rings. The lowest BCUT2D eigenvalue weighted by Crippen LogP contribution is -1.80. The number of hydrogen-bond acceptors (Lipinski definition) is 0. The van der Waals surface area contributed by atoms with E-state index in [1.165, 1.54) is 64.2 Å². The van der Waals surface area contributed by atoms with Crippen molar-refractivity contribution in [1.82, 2.24) is 0 Å². The second-order valence-electron chi connectivity index (χ2n) is 4.11. The topological polar surface area (TPSA) is 0 Å². The van der Waals surface area contributed by atoms with Gasteiger partial charge in [-0.1, -0.05) is 70.4 Å². The summed E-state index contributed by atoms with van der Waals surface area (Å²) in [7, 11) is 0.